The lowest BCUT2D eigenvalue weighted by Crippen LogP contribution is -1.61. The highest BCUT2D eigenvalue weighted by atomic mass is 32.2. The molecule has 0 saturated heterocycles. The summed E-state index contributed by atoms with van der Waals surface area (Å²) in [5.41, 5.74) is 0. The molecule has 0 bridgehead atoms. The molecule has 0 fully saturated rings. The van der Waals surface area contributed by atoms with Gasteiger partial charge in [-0.25, -0.2) is 0 Å². The second kappa shape index (κ2) is 22.5. The predicted molar refractivity (Wildman–Crippen MR) is 59.9 cm³/mol. The SMILES string of the molecule is C=CSC(=C)CC.CC.CC. The molecule has 0 aliphatic rings. The fourth-order valence-electron chi connectivity index (χ4n) is 0.201. The van der Waals surface area contributed by atoms with E-state index in [4.69, 9.17) is 0 Å². The summed E-state index contributed by atoms with van der Waals surface area (Å²) in [7, 11) is 0. The second-order valence-corrected chi connectivity index (χ2v) is 2.32. The highest BCUT2D eigenvalue weighted by Gasteiger charge is 1.81. The molecule has 0 spiro atoms. The minimum absolute atomic E-state index is 1.04. The third-order valence-electron chi connectivity index (χ3n) is 0.644. The topological polar surface area (TPSA) is 0 Å². The molecule has 0 saturated carbocycles. The van der Waals surface area contributed by atoms with Crippen LogP contribution >= 0.6 is 11.8 Å². The van der Waals surface area contributed by atoms with E-state index in [1.807, 2.05) is 27.7 Å². The summed E-state index contributed by atoms with van der Waals surface area (Å²) in [5, 5.41) is 1.80. The molecule has 11 heavy (non-hydrogen) atoms. The Labute approximate surface area is 76.8 Å². The van der Waals surface area contributed by atoms with Gasteiger partial charge in [0.05, 0.1) is 0 Å². The molecule has 0 nitrogen and oxygen atoms in total. The molecule has 0 amide bonds. The first kappa shape index (κ1) is 17.1. The average molecular weight is 174 g/mol. The first-order valence-electron chi connectivity index (χ1n) is 4.26. The van der Waals surface area contributed by atoms with Crippen molar-refractivity contribution >= 4 is 11.8 Å². The van der Waals surface area contributed by atoms with Crippen LogP contribution in [0, 0.1) is 0 Å². The average Bonchev–Trinajstić information content (AvgIpc) is 2.12. The number of allylic oxidation sites excluding steroid dienone is 1. The molecule has 0 heterocycles. The van der Waals surface area contributed by atoms with Crippen LogP contribution in [0.5, 0.6) is 0 Å². The lowest BCUT2D eigenvalue weighted by molar-refractivity contribution is 1.21. The molecule has 0 aromatic heterocycles. The van der Waals surface area contributed by atoms with Crippen LogP contribution in [0.1, 0.15) is 41.0 Å². The Morgan fingerprint density at radius 2 is 1.64 bits per heavy atom. The molecular weight excluding hydrogens is 152 g/mol. The van der Waals surface area contributed by atoms with Crippen molar-refractivity contribution in [2.45, 2.75) is 41.0 Å². The molecule has 68 valence electrons. The molecule has 0 aliphatic heterocycles. The van der Waals surface area contributed by atoms with Gasteiger partial charge in [0, 0.05) is 0 Å². The maximum absolute atomic E-state index is 3.75. The third kappa shape index (κ3) is 25.8. The van der Waals surface area contributed by atoms with Crippen LogP contribution in [-0.2, 0) is 0 Å². The molecule has 0 aromatic carbocycles. The molecular formula is C10H22S. The highest BCUT2D eigenvalue weighted by molar-refractivity contribution is 8.05. The molecule has 0 unspecified atom stereocenters. The van der Waals surface area contributed by atoms with E-state index in [-0.39, 0.29) is 0 Å². The Hall–Kier alpha value is -0.170. The second-order valence-electron chi connectivity index (χ2n) is 1.18. The van der Waals surface area contributed by atoms with Gasteiger partial charge >= 0.3 is 0 Å². The summed E-state index contributed by atoms with van der Waals surface area (Å²) >= 11 is 1.60. The molecule has 0 aromatic rings. The van der Waals surface area contributed by atoms with Crippen LogP contribution < -0.4 is 0 Å². The Bertz CT molecular complexity index is 74.9. The van der Waals surface area contributed by atoms with E-state index in [1.165, 1.54) is 4.91 Å². The number of hydrogen-bond donors (Lipinski definition) is 0. The van der Waals surface area contributed by atoms with Crippen molar-refractivity contribution in [1.82, 2.24) is 0 Å². The minimum Gasteiger partial charge on any atom is -0.104 e. The molecule has 0 radical (unpaired) electrons. The fourth-order valence-corrected chi connectivity index (χ4v) is 0.604. The number of thioether (sulfide) groups is 1. The lowest BCUT2D eigenvalue weighted by atomic mass is 10.5. The Morgan fingerprint density at radius 3 is 1.73 bits per heavy atom. The van der Waals surface area contributed by atoms with Gasteiger partial charge in [0.25, 0.3) is 0 Å². The van der Waals surface area contributed by atoms with Gasteiger partial charge < -0.3 is 0 Å². The number of rotatable bonds is 3. The van der Waals surface area contributed by atoms with Gasteiger partial charge in [-0.2, -0.15) is 0 Å². The van der Waals surface area contributed by atoms with E-state index >= 15 is 0 Å². The summed E-state index contributed by atoms with van der Waals surface area (Å²) in [6.07, 6.45) is 1.04. The van der Waals surface area contributed by atoms with Crippen LogP contribution in [0.15, 0.2) is 23.5 Å². The number of hydrogen-bond acceptors (Lipinski definition) is 1. The fraction of sp³-hybridized carbons (Fsp3) is 0.600. The van der Waals surface area contributed by atoms with E-state index in [1.54, 1.807) is 17.2 Å². The van der Waals surface area contributed by atoms with Crippen molar-refractivity contribution < 1.29 is 0 Å². The summed E-state index contributed by atoms with van der Waals surface area (Å²) < 4.78 is 0. The van der Waals surface area contributed by atoms with E-state index in [0.29, 0.717) is 0 Å². The van der Waals surface area contributed by atoms with Gasteiger partial charge in [-0.15, -0.1) is 11.8 Å². The van der Waals surface area contributed by atoms with Crippen LogP contribution in [-0.4, -0.2) is 0 Å². The summed E-state index contributed by atoms with van der Waals surface area (Å²) in [5.74, 6) is 0. The molecule has 0 atom stereocenters. The zero-order valence-electron chi connectivity index (χ0n) is 8.61. The zero-order valence-corrected chi connectivity index (χ0v) is 9.42. The van der Waals surface area contributed by atoms with Crippen molar-refractivity contribution in [2.24, 2.45) is 0 Å². The van der Waals surface area contributed by atoms with Gasteiger partial charge in [0.2, 0.25) is 0 Å². The van der Waals surface area contributed by atoms with Gasteiger partial charge in [-0.05, 0) is 16.7 Å². The first-order valence-corrected chi connectivity index (χ1v) is 5.14. The Balaban J connectivity index is -0.000000138. The molecule has 0 N–H and O–H groups in total. The van der Waals surface area contributed by atoms with Crippen molar-refractivity contribution in [3.05, 3.63) is 23.5 Å². The summed E-state index contributed by atoms with van der Waals surface area (Å²) in [4.78, 5) is 1.18. The van der Waals surface area contributed by atoms with Gasteiger partial charge in [0.1, 0.15) is 0 Å². The van der Waals surface area contributed by atoms with Crippen molar-refractivity contribution in [3.63, 3.8) is 0 Å². The van der Waals surface area contributed by atoms with E-state index in [2.05, 4.69) is 20.1 Å². The van der Waals surface area contributed by atoms with Crippen LogP contribution in [0.25, 0.3) is 0 Å². The van der Waals surface area contributed by atoms with Crippen LogP contribution in [0.2, 0.25) is 0 Å². The first-order chi connectivity index (χ1) is 5.31. The van der Waals surface area contributed by atoms with Crippen molar-refractivity contribution in [2.75, 3.05) is 0 Å². The Morgan fingerprint density at radius 1 is 1.27 bits per heavy atom. The van der Waals surface area contributed by atoms with E-state index in [9.17, 15) is 0 Å². The predicted octanol–water partition coefficient (Wildman–Crippen LogP) is 4.84. The van der Waals surface area contributed by atoms with Gasteiger partial charge in [0.15, 0.2) is 0 Å². The van der Waals surface area contributed by atoms with Crippen molar-refractivity contribution in [1.29, 1.82) is 0 Å². The molecule has 1 heteroatoms. The minimum atomic E-state index is 1.04. The molecule has 0 aliphatic carbocycles. The standard InChI is InChI=1S/C6H10S.2C2H6/c1-4-6(3)7-5-2;2*1-2/h5H,2-4H2,1H3;2*1-2H3. The van der Waals surface area contributed by atoms with Crippen LogP contribution in [0.3, 0.4) is 0 Å². The third-order valence-corrected chi connectivity index (χ3v) is 1.43. The zero-order chi connectivity index (χ0) is 9.70. The lowest BCUT2D eigenvalue weighted by Gasteiger charge is -1.90. The Kier molecular flexibility index (Phi) is 35.0. The normalized spacial score (nSPS) is 6.27. The smallest absolute Gasteiger partial charge is 0.0183 e. The van der Waals surface area contributed by atoms with Crippen molar-refractivity contribution in [3.8, 4) is 0 Å². The largest absolute Gasteiger partial charge is 0.104 e. The van der Waals surface area contributed by atoms with Crippen LogP contribution in [0.4, 0.5) is 0 Å². The van der Waals surface area contributed by atoms with Gasteiger partial charge in [-0.3, -0.25) is 0 Å². The molecule has 0 rings (SSSR count). The van der Waals surface area contributed by atoms with E-state index in [0.717, 1.165) is 6.42 Å². The summed E-state index contributed by atoms with van der Waals surface area (Å²) in [6, 6.07) is 0. The quantitative estimate of drug-likeness (QED) is 0.590. The van der Waals surface area contributed by atoms with Gasteiger partial charge in [-0.1, -0.05) is 47.8 Å². The van der Waals surface area contributed by atoms with E-state index < -0.39 is 0 Å². The monoisotopic (exact) mass is 174 g/mol. The summed E-state index contributed by atoms with van der Waals surface area (Å²) in [6.45, 7) is 17.4. The maximum Gasteiger partial charge on any atom is -0.0183 e. The highest BCUT2D eigenvalue weighted by Crippen LogP contribution is 2.15. The maximum atomic E-state index is 3.75.